The van der Waals surface area contributed by atoms with Crippen molar-refractivity contribution in [3.63, 3.8) is 0 Å². The Bertz CT molecular complexity index is 381. The third-order valence-corrected chi connectivity index (χ3v) is 4.06. The molecule has 0 aliphatic carbocycles. The van der Waals surface area contributed by atoms with Crippen molar-refractivity contribution in [3.8, 4) is 5.75 Å². The van der Waals surface area contributed by atoms with Crippen LogP contribution in [-0.2, 0) is 6.42 Å². The molecular weight excluding hydrogens is 302 g/mol. The molecule has 3 heteroatoms. The van der Waals surface area contributed by atoms with Gasteiger partial charge in [0.1, 0.15) is 5.75 Å². The molecule has 1 aromatic rings. The smallest absolute Gasteiger partial charge is 0.122 e. The van der Waals surface area contributed by atoms with E-state index in [2.05, 4.69) is 48.1 Å². The molecule has 0 heterocycles. The molecule has 0 aromatic heterocycles. The van der Waals surface area contributed by atoms with E-state index in [9.17, 15) is 0 Å². The predicted molar refractivity (Wildman–Crippen MR) is 85.9 cm³/mol. The fourth-order valence-electron chi connectivity index (χ4n) is 2.47. The lowest BCUT2D eigenvalue weighted by molar-refractivity contribution is 0.356. The van der Waals surface area contributed by atoms with Gasteiger partial charge in [0.15, 0.2) is 0 Å². The highest BCUT2D eigenvalue weighted by Crippen LogP contribution is 2.26. The number of hydrogen-bond donors (Lipinski definition) is 1. The number of benzene rings is 1. The molecule has 108 valence electrons. The SMILES string of the molecule is CCCNC(CC)C(C)Cc1cc(Br)ccc1OC. The lowest BCUT2D eigenvalue weighted by Crippen LogP contribution is -2.35. The van der Waals surface area contributed by atoms with E-state index in [0.29, 0.717) is 12.0 Å². The molecule has 0 aliphatic rings. The van der Waals surface area contributed by atoms with Crippen molar-refractivity contribution in [3.05, 3.63) is 28.2 Å². The molecule has 1 rings (SSSR count). The first-order valence-corrected chi connectivity index (χ1v) is 7.97. The second-order valence-electron chi connectivity index (χ2n) is 5.11. The van der Waals surface area contributed by atoms with Gasteiger partial charge in [0.05, 0.1) is 7.11 Å². The standard InChI is InChI=1S/C16H26BrNO/c1-5-9-18-15(6-2)12(3)10-13-11-14(17)7-8-16(13)19-4/h7-8,11-12,15,18H,5-6,9-10H2,1-4H3. The summed E-state index contributed by atoms with van der Waals surface area (Å²) in [7, 11) is 1.74. The monoisotopic (exact) mass is 327 g/mol. The Hall–Kier alpha value is -0.540. The lowest BCUT2D eigenvalue weighted by Gasteiger charge is -2.24. The summed E-state index contributed by atoms with van der Waals surface area (Å²) < 4.78 is 6.57. The number of methoxy groups -OCH3 is 1. The van der Waals surface area contributed by atoms with E-state index < -0.39 is 0 Å². The average Bonchev–Trinajstić information content (AvgIpc) is 2.40. The Morgan fingerprint density at radius 1 is 1.32 bits per heavy atom. The first-order valence-electron chi connectivity index (χ1n) is 7.18. The molecule has 2 unspecified atom stereocenters. The average molecular weight is 328 g/mol. The highest BCUT2D eigenvalue weighted by atomic mass is 79.9. The fourth-order valence-corrected chi connectivity index (χ4v) is 2.88. The minimum absolute atomic E-state index is 0.573. The van der Waals surface area contributed by atoms with Crippen LogP contribution in [0.1, 0.15) is 39.2 Å². The molecule has 2 nitrogen and oxygen atoms in total. The van der Waals surface area contributed by atoms with Crippen molar-refractivity contribution in [2.24, 2.45) is 5.92 Å². The quantitative estimate of drug-likeness (QED) is 0.763. The molecule has 0 saturated carbocycles. The molecule has 0 radical (unpaired) electrons. The zero-order valence-electron chi connectivity index (χ0n) is 12.5. The molecule has 1 aromatic carbocycles. The van der Waals surface area contributed by atoms with Gasteiger partial charge < -0.3 is 10.1 Å². The van der Waals surface area contributed by atoms with Crippen LogP contribution in [0.4, 0.5) is 0 Å². The van der Waals surface area contributed by atoms with Crippen molar-refractivity contribution in [2.45, 2.75) is 46.1 Å². The van der Waals surface area contributed by atoms with Gasteiger partial charge in [-0.15, -0.1) is 0 Å². The third kappa shape index (κ3) is 5.15. The summed E-state index contributed by atoms with van der Waals surface area (Å²) in [6.45, 7) is 7.87. The molecule has 19 heavy (non-hydrogen) atoms. The fraction of sp³-hybridized carbons (Fsp3) is 0.625. The van der Waals surface area contributed by atoms with E-state index in [1.54, 1.807) is 7.11 Å². The number of nitrogens with one attached hydrogen (secondary N) is 1. The Labute approximate surface area is 126 Å². The second-order valence-corrected chi connectivity index (χ2v) is 6.02. The number of rotatable bonds is 8. The van der Waals surface area contributed by atoms with Gasteiger partial charge in [-0.1, -0.05) is 36.7 Å². The van der Waals surface area contributed by atoms with Gasteiger partial charge >= 0.3 is 0 Å². The van der Waals surface area contributed by atoms with Crippen LogP contribution in [0, 0.1) is 5.92 Å². The lowest BCUT2D eigenvalue weighted by atomic mass is 9.92. The van der Waals surface area contributed by atoms with Crippen LogP contribution in [0.2, 0.25) is 0 Å². The predicted octanol–water partition coefficient (Wildman–Crippen LogP) is 4.41. The number of ether oxygens (including phenoxy) is 1. The zero-order valence-corrected chi connectivity index (χ0v) is 14.1. The van der Waals surface area contributed by atoms with Crippen LogP contribution in [0.15, 0.2) is 22.7 Å². The Morgan fingerprint density at radius 2 is 2.05 bits per heavy atom. The first kappa shape index (κ1) is 16.5. The molecule has 0 bridgehead atoms. The molecular formula is C16H26BrNO. The van der Waals surface area contributed by atoms with Crippen molar-refractivity contribution >= 4 is 15.9 Å². The molecule has 0 saturated heterocycles. The van der Waals surface area contributed by atoms with Crippen molar-refractivity contribution in [2.75, 3.05) is 13.7 Å². The largest absolute Gasteiger partial charge is 0.496 e. The maximum atomic E-state index is 5.45. The van der Waals surface area contributed by atoms with Crippen molar-refractivity contribution < 1.29 is 4.74 Å². The molecule has 2 atom stereocenters. The van der Waals surface area contributed by atoms with Crippen LogP contribution in [0.3, 0.4) is 0 Å². The molecule has 0 aliphatic heterocycles. The normalized spacial score (nSPS) is 14.2. The number of hydrogen-bond acceptors (Lipinski definition) is 2. The van der Waals surface area contributed by atoms with Crippen LogP contribution in [-0.4, -0.2) is 19.7 Å². The summed E-state index contributed by atoms with van der Waals surface area (Å²) in [4.78, 5) is 0. The third-order valence-electron chi connectivity index (χ3n) is 3.57. The van der Waals surface area contributed by atoms with Crippen LogP contribution in [0.5, 0.6) is 5.75 Å². The van der Waals surface area contributed by atoms with Crippen molar-refractivity contribution in [1.82, 2.24) is 5.32 Å². The van der Waals surface area contributed by atoms with Crippen molar-refractivity contribution in [1.29, 1.82) is 0 Å². The maximum absolute atomic E-state index is 5.45. The van der Waals surface area contributed by atoms with Gasteiger partial charge in [0.25, 0.3) is 0 Å². The van der Waals surface area contributed by atoms with Gasteiger partial charge in [-0.2, -0.15) is 0 Å². The molecule has 1 N–H and O–H groups in total. The van der Waals surface area contributed by atoms with Crippen LogP contribution < -0.4 is 10.1 Å². The Balaban J connectivity index is 2.73. The Morgan fingerprint density at radius 3 is 2.63 bits per heavy atom. The summed E-state index contributed by atoms with van der Waals surface area (Å²) in [6, 6.07) is 6.80. The van der Waals surface area contributed by atoms with Gasteiger partial charge in [0.2, 0.25) is 0 Å². The van der Waals surface area contributed by atoms with Crippen LogP contribution in [0.25, 0.3) is 0 Å². The maximum Gasteiger partial charge on any atom is 0.122 e. The molecule has 0 spiro atoms. The van der Waals surface area contributed by atoms with Gasteiger partial charge in [-0.25, -0.2) is 0 Å². The van der Waals surface area contributed by atoms with Crippen LogP contribution >= 0.6 is 15.9 Å². The summed E-state index contributed by atoms with van der Waals surface area (Å²) in [5.41, 5.74) is 1.28. The number of halogens is 1. The summed E-state index contributed by atoms with van der Waals surface area (Å²) in [6.07, 6.45) is 3.39. The summed E-state index contributed by atoms with van der Waals surface area (Å²) in [5.74, 6) is 1.58. The topological polar surface area (TPSA) is 21.3 Å². The van der Waals surface area contributed by atoms with Gasteiger partial charge in [-0.05, 0) is 55.5 Å². The first-order chi connectivity index (χ1) is 9.12. The van der Waals surface area contributed by atoms with E-state index in [0.717, 1.165) is 29.6 Å². The van der Waals surface area contributed by atoms with E-state index in [4.69, 9.17) is 4.74 Å². The summed E-state index contributed by atoms with van der Waals surface area (Å²) in [5, 5.41) is 3.64. The van der Waals surface area contributed by atoms with E-state index in [1.807, 2.05) is 12.1 Å². The minimum Gasteiger partial charge on any atom is -0.496 e. The van der Waals surface area contributed by atoms with E-state index in [-0.39, 0.29) is 0 Å². The van der Waals surface area contributed by atoms with Gasteiger partial charge in [0, 0.05) is 10.5 Å². The highest BCUT2D eigenvalue weighted by molar-refractivity contribution is 9.10. The summed E-state index contributed by atoms with van der Waals surface area (Å²) >= 11 is 3.54. The second kappa shape index (κ2) is 8.60. The molecule has 0 fully saturated rings. The van der Waals surface area contributed by atoms with Gasteiger partial charge in [-0.3, -0.25) is 0 Å². The minimum atomic E-state index is 0.573. The van der Waals surface area contributed by atoms with E-state index >= 15 is 0 Å². The Kier molecular flexibility index (Phi) is 7.47. The zero-order chi connectivity index (χ0) is 14.3. The molecule has 0 amide bonds. The van der Waals surface area contributed by atoms with E-state index in [1.165, 1.54) is 12.0 Å². The highest BCUT2D eigenvalue weighted by Gasteiger charge is 2.17.